The SMILES string of the molecule is CSc1sc(/C(N)=N\C(=O)O)cc1S(=O)(=O)c1cccc(-c2c(C)cccc2N2CCOCC2)c1. The van der Waals surface area contributed by atoms with Gasteiger partial charge in [0.1, 0.15) is 5.84 Å². The summed E-state index contributed by atoms with van der Waals surface area (Å²) in [6.07, 6.45) is 0.324. The van der Waals surface area contributed by atoms with Crippen molar-refractivity contribution in [3.63, 3.8) is 0 Å². The third-order valence-electron chi connectivity index (χ3n) is 5.65. The second-order valence-corrected chi connectivity index (χ2v) is 11.9. The molecule has 11 heteroatoms. The summed E-state index contributed by atoms with van der Waals surface area (Å²) in [5.41, 5.74) is 9.66. The van der Waals surface area contributed by atoms with Gasteiger partial charge in [0, 0.05) is 24.3 Å². The summed E-state index contributed by atoms with van der Waals surface area (Å²) in [7, 11) is -3.91. The van der Waals surface area contributed by atoms with E-state index in [0.717, 1.165) is 46.8 Å². The molecule has 4 rings (SSSR count). The highest BCUT2D eigenvalue weighted by Gasteiger charge is 2.26. The first kappa shape index (κ1) is 25.2. The topological polar surface area (TPSA) is 122 Å². The van der Waals surface area contributed by atoms with Gasteiger partial charge < -0.3 is 20.5 Å². The Bertz CT molecular complexity index is 1390. The van der Waals surface area contributed by atoms with E-state index in [4.69, 9.17) is 15.6 Å². The molecule has 0 unspecified atom stereocenters. The van der Waals surface area contributed by atoms with E-state index >= 15 is 0 Å². The summed E-state index contributed by atoms with van der Waals surface area (Å²) in [6, 6.07) is 14.4. The summed E-state index contributed by atoms with van der Waals surface area (Å²) in [5.74, 6) is -0.233. The standard InChI is InChI=1S/C24H25N3O5S3/c1-15-5-3-8-18(27-9-11-32-12-10-27)21(15)16-6-4-7-17(13-16)35(30,31)20-14-19(34-23(20)33-2)22(25)26-24(28)29/h3-8,13-14H,9-12H2,1-2H3,(H2,25,26)(H,28,29). The summed E-state index contributed by atoms with van der Waals surface area (Å²) in [5, 5.41) is 8.90. The fourth-order valence-electron chi connectivity index (χ4n) is 4.01. The van der Waals surface area contributed by atoms with Crippen molar-refractivity contribution in [2.45, 2.75) is 20.9 Å². The molecule has 3 N–H and O–H groups in total. The lowest BCUT2D eigenvalue weighted by molar-refractivity contribution is 0.123. The highest BCUT2D eigenvalue weighted by molar-refractivity contribution is 8.01. The molecule has 1 aromatic heterocycles. The van der Waals surface area contributed by atoms with Crippen LogP contribution in [0.2, 0.25) is 0 Å². The van der Waals surface area contributed by atoms with Crippen LogP contribution in [0.4, 0.5) is 10.5 Å². The van der Waals surface area contributed by atoms with Gasteiger partial charge in [-0.25, -0.2) is 13.2 Å². The highest BCUT2D eigenvalue weighted by Crippen LogP contribution is 2.39. The van der Waals surface area contributed by atoms with Gasteiger partial charge in [-0.1, -0.05) is 24.3 Å². The van der Waals surface area contributed by atoms with Crippen molar-refractivity contribution < 1.29 is 23.1 Å². The maximum absolute atomic E-state index is 13.7. The van der Waals surface area contributed by atoms with E-state index in [1.165, 1.54) is 17.8 Å². The van der Waals surface area contributed by atoms with Crippen LogP contribution in [0, 0.1) is 6.92 Å². The summed E-state index contributed by atoms with van der Waals surface area (Å²) in [4.78, 5) is 17.0. The lowest BCUT2D eigenvalue weighted by Crippen LogP contribution is -2.36. The van der Waals surface area contributed by atoms with Gasteiger partial charge in [-0.05, 0) is 48.6 Å². The number of aliphatic imine (C=N–C) groups is 1. The number of thiophene rings is 1. The number of ether oxygens (including phenoxy) is 1. The molecular weight excluding hydrogens is 506 g/mol. The Morgan fingerprint density at radius 2 is 1.89 bits per heavy atom. The van der Waals surface area contributed by atoms with E-state index in [-0.39, 0.29) is 15.6 Å². The number of hydrogen-bond acceptors (Lipinski definition) is 7. The van der Waals surface area contributed by atoms with E-state index in [1.54, 1.807) is 24.5 Å². The molecule has 0 saturated carbocycles. The minimum Gasteiger partial charge on any atom is -0.463 e. The van der Waals surface area contributed by atoms with Crippen LogP contribution in [-0.2, 0) is 14.6 Å². The first-order valence-electron chi connectivity index (χ1n) is 10.8. The molecule has 1 fully saturated rings. The second-order valence-electron chi connectivity index (χ2n) is 7.85. The van der Waals surface area contributed by atoms with Crippen LogP contribution >= 0.6 is 23.1 Å². The Labute approximate surface area is 212 Å². The number of rotatable bonds is 6. The van der Waals surface area contributed by atoms with Gasteiger partial charge in [0.25, 0.3) is 0 Å². The zero-order chi connectivity index (χ0) is 25.2. The van der Waals surface area contributed by atoms with Crippen LogP contribution in [0.5, 0.6) is 0 Å². The maximum Gasteiger partial charge on any atom is 0.433 e. The number of benzene rings is 2. The Balaban J connectivity index is 1.79. The van der Waals surface area contributed by atoms with Gasteiger partial charge in [0.2, 0.25) is 9.84 Å². The lowest BCUT2D eigenvalue weighted by Gasteiger charge is -2.31. The van der Waals surface area contributed by atoms with Crippen molar-refractivity contribution in [1.82, 2.24) is 0 Å². The number of carbonyl (C=O) groups is 1. The molecule has 0 atom stereocenters. The third-order valence-corrected chi connectivity index (χ3v) is 9.97. The number of morpholine rings is 1. The maximum atomic E-state index is 13.7. The van der Waals surface area contributed by atoms with Gasteiger partial charge >= 0.3 is 6.09 Å². The molecule has 0 spiro atoms. The Kier molecular flexibility index (Phi) is 7.50. The average Bonchev–Trinajstić information content (AvgIpc) is 3.30. The number of sulfone groups is 1. The first-order valence-corrected chi connectivity index (χ1v) is 14.3. The second kappa shape index (κ2) is 10.4. The molecule has 1 amide bonds. The van der Waals surface area contributed by atoms with E-state index in [2.05, 4.69) is 16.0 Å². The predicted molar refractivity (Wildman–Crippen MR) is 140 cm³/mol. The van der Waals surface area contributed by atoms with Crippen molar-refractivity contribution in [1.29, 1.82) is 0 Å². The number of carboxylic acid groups (broad SMARTS) is 1. The van der Waals surface area contributed by atoms with Crippen molar-refractivity contribution in [3.8, 4) is 11.1 Å². The van der Waals surface area contributed by atoms with E-state index < -0.39 is 15.9 Å². The normalized spacial score (nSPS) is 14.8. The van der Waals surface area contributed by atoms with Gasteiger partial charge in [0.05, 0.1) is 32.1 Å². The number of hydrogen-bond donors (Lipinski definition) is 2. The Morgan fingerprint density at radius 1 is 1.17 bits per heavy atom. The number of amidine groups is 1. The number of nitrogens with two attached hydrogens (primary N) is 1. The van der Waals surface area contributed by atoms with E-state index in [1.807, 2.05) is 25.1 Å². The predicted octanol–water partition coefficient (Wildman–Crippen LogP) is 4.50. The van der Waals surface area contributed by atoms with Crippen LogP contribution in [-0.4, -0.2) is 58.0 Å². The molecular formula is C24H25N3O5S3. The molecule has 8 nitrogen and oxygen atoms in total. The molecule has 2 aromatic carbocycles. The Hall–Kier alpha value is -2.86. The van der Waals surface area contributed by atoms with Gasteiger partial charge in [-0.3, -0.25) is 0 Å². The summed E-state index contributed by atoms with van der Waals surface area (Å²) >= 11 is 2.36. The summed E-state index contributed by atoms with van der Waals surface area (Å²) < 4.78 is 33.4. The molecule has 1 aliphatic rings. The average molecular weight is 532 g/mol. The molecule has 184 valence electrons. The molecule has 0 aliphatic carbocycles. The zero-order valence-corrected chi connectivity index (χ0v) is 21.7. The number of amides is 1. The van der Waals surface area contributed by atoms with Gasteiger partial charge in [0.15, 0.2) is 0 Å². The molecule has 3 aromatic rings. The fourth-order valence-corrected chi connectivity index (χ4v) is 7.96. The van der Waals surface area contributed by atoms with Crippen molar-refractivity contribution in [2.24, 2.45) is 10.7 Å². The van der Waals surface area contributed by atoms with Crippen LogP contribution in [0.3, 0.4) is 0 Å². The minimum absolute atomic E-state index is 0.0869. The van der Waals surface area contributed by atoms with Crippen LogP contribution < -0.4 is 10.6 Å². The molecule has 2 heterocycles. The quantitative estimate of drug-likeness (QED) is 0.271. The largest absolute Gasteiger partial charge is 0.463 e. The van der Waals surface area contributed by atoms with Crippen LogP contribution in [0.25, 0.3) is 11.1 Å². The van der Waals surface area contributed by atoms with Gasteiger partial charge in [-0.2, -0.15) is 4.99 Å². The van der Waals surface area contributed by atoms with Crippen molar-refractivity contribution in [3.05, 3.63) is 59.0 Å². The minimum atomic E-state index is -3.91. The first-order chi connectivity index (χ1) is 16.7. The van der Waals surface area contributed by atoms with E-state index in [0.29, 0.717) is 22.3 Å². The number of anilines is 1. The van der Waals surface area contributed by atoms with Crippen molar-refractivity contribution in [2.75, 3.05) is 37.5 Å². The zero-order valence-electron chi connectivity index (χ0n) is 19.2. The van der Waals surface area contributed by atoms with Crippen molar-refractivity contribution >= 4 is 50.6 Å². The third kappa shape index (κ3) is 5.22. The van der Waals surface area contributed by atoms with Crippen LogP contribution in [0.1, 0.15) is 10.4 Å². The molecule has 0 radical (unpaired) electrons. The van der Waals surface area contributed by atoms with Gasteiger partial charge in [-0.15, -0.1) is 23.1 Å². The molecule has 1 saturated heterocycles. The van der Waals surface area contributed by atoms with E-state index in [9.17, 15) is 13.2 Å². The summed E-state index contributed by atoms with van der Waals surface area (Å²) in [6.45, 7) is 4.84. The molecule has 1 aliphatic heterocycles. The smallest absolute Gasteiger partial charge is 0.433 e. The number of aryl methyl sites for hydroxylation is 1. The fraction of sp³-hybridized carbons (Fsp3) is 0.250. The number of nitrogens with zero attached hydrogens (tertiary/aromatic N) is 2. The molecule has 0 bridgehead atoms. The Morgan fingerprint density at radius 3 is 2.57 bits per heavy atom. The highest BCUT2D eigenvalue weighted by atomic mass is 32.2. The molecule has 35 heavy (non-hydrogen) atoms. The monoisotopic (exact) mass is 531 g/mol. The lowest BCUT2D eigenvalue weighted by atomic mass is 9.97. The van der Waals surface area contributed by atoms with Crippen LogP contribution in [0.15, 0.2) is 67.5 Å². The number of thioether (sulfide) groups is 1.